The Labute approximate surface area is 217 Å². The molecule has 9 heteroatoms. The Hall–Kier alpha value is -3.56. The molecule has 1 fully saturated rings. The fourth-order valence-electron chi connectivity index (χ4n) is 4.38. The van der Waals surface area contributed by atoms with Crippen LogP contribution in [0.5, 0.6) is 0 Å². The summed E-state index contributed by atoms with van der Waals surface area (Å²) < 4.78 is 33.5. The van der Waals surface area contributed by atoms with Crippen molar-refractivity contribution in [1.29, 1.82) is 0 Å². The van der Waals surface area contributed by atoms with Gasteiger partial charge in [-0.1, -0.05) is 66.7 Å². The first-order valence-corrected chi connectivity index (χ1v) is 14.0. The Morgan fingerprint density at radius 3 is 2.30 bits per heavy atom. The molecule has 0 aliphatic carbocycles. The summed E-state index contributed by atoms with van der Waals surface area (Å²) in [5.41, 5.74) is 2.29. The van der Waals surface area contributed by atoms with E-state index in [0.717, 1.165) is 11.1 Å². The number of piperidine rings is 1. The summed E-state index contributed by atoms with van der Waals surface area (Å²) in [4.78, 5) is 30.5. The Kier molecular flexibility index (Phi) is 9.03. The van der Waals surface area contributed by atoms with Gasteiger partial charge in [0, 0.05) is 31.9 Å². The van der Waals surface area contributed by atoms with Gasteiger partial charge in [0.2, 0.25) is 10.0 Å². The molecule has 1 saturated heterocycles. The second kappa shape index (κ2) is 12.6. The van der Waals surface area contributed by atoms with Crippen molar-refractivity contribution in [2.45, 2.75) is 50.1 Å². The highest BCUT2D eigenvalue weighted by atomic mass is 32.2. The SMILES string of the molecule is O=C(NCc1cccnc1)[C@@H](Cc1ccccc1)OC(=O)[C@@H]1CCCCN1S(=O)(=O)Cc1ccccc1. The van der Waals surface area contributed by atoms with Gasteiger partial charge < -0.3 is 10.1 Å². The minimum absolute atomic E-state index is 0.176. The van der Waals surface area contributed by atoms with Gasteiger partial charge in [0.1, 0.15) is 6.04 Å². The van der Waals surface area contributed by atoms with Gasteiger partial charge in [-0.25, -0.2) is 8.42 Å². The zero-order chi connectivity index (χ0) is 26.1. The monoisotopic (exact) mass is 521 g/mol. The van der Waals surface area contributed by atoms with E-state index in [1.807, 2.05) is 42.5 Å². The summed E-state index contributed by atoms with van der Waals surface area (Å²) in [5.74, 6) is -1.35. The molecule has 3 aromatic rings. The number of nitrogens with one attached hydrogen (secondary N) is 1. The largest absolute Gasteiger partial charge is 0.451 e. The van der Waals surface area contributed by atoms with Gasteiger partial charge in [-0.15, -0.1) is 0 Å². The molecule has 37 heavy (non-hydrogen) atoms. The van der Waals surface area contributed by atoms with Gasteiger partial charge in [-0.3, -0.25) is 14.6 Å². The zero-order valence-electron chi connectivity index (χ0n) is 20.5. The smallest absolute Gasteiger partial charge is 0.325 e. The van der Waals surface area contributed by atoms with Crippen LogP contribution in [0.2, 0.25) is 0 Å². The van der Waals surface area contributed by atoms with Gasteiger partial charge in [0.05, 0.1) is 5.75 Å². The predicted molar refractivity (Wildman–Crippen MR) is 140 cm³/mol. The van der Waals surface area contributed by atoms with Crippen molar-refractivity contribution in [2.24, 2.45) is 0 Å². The summed E-state index contributed by atoms with van der Waals surface area (Å²) in [5, 5.41) is 2.81. The number of esters is 1. The first-order valence-electron chi connectivity index (χ1n) is 12.4. The van der Waals surface area contributed by atoms with Crippen LogP contribution in [0.4, 0.5) is 0 Å². The molecule has 2 aromatic carbocycles. The minimum atomic E-state index is -3.77. The molecular weight excluding hydrogens is 490 g/mol. The van der Waals surface area contributed by atoms with Crippen molar-refractivity contribution in [3.8, 4) is 0 Å². The third-order valence-corrected chi connectivity index (χ3v) is 8.13. The van der Waals surface area contributed by atoms with E-state index in [-0.39, 0.29) is 25.3 Å². The lowest BCUT2D eigenvalue weighted by molar-refractivity contribution is -0.160. The topological polar surface area (TPSA) is 106 Å². The average Bonchev–Trinajstić information content (AvgIpc) is 2.93. The number of pyridine rings is 1. The maximum atomic E-state index is 13.4. The highest BCUT2D eigenvalue weighted by molar-refractivity contribution is 7.88. The van der Waals surface area contributed by atoms with Gasteiger partial charge in [0.25, 0.3) is 5.91 Å². The molecule has 1 amide bonds. The highest BCUT2D eigenvalue weighted by Gasteiger charge is 2.39. The quantitative estimate of drug-likeness (QED) is 0.411. The molecule has 2 atom stereocenters. The van der Waals surface area contributed by atoms with Crippen molar-refractivity contribution in [1.82, 2.24) is 14.6 Å². The van der Waals surface area contributed by atoms with Crippen LogP contribution in [0.15, 0.2) is 85.2 Å². The lowest BCUT2D eigenvalue weighted by Crippen LogP contribution is -2.51. The fourth-order valence-corrected chi connectivity index (χ4v) is 6.15. The molecule has 1 N–H and O–H groups in total. The van der Waals surface area contributed by atoms with Crippen LogP contribution in [0.1, 0.15) is 36.0 Å². The highest BCUT2D eigenvalue weighted by Crippen LogP contribution is 2.25. The second-order valence-corrected chi connectivity index (χ2v) is 11.0. The van der Waals surface area contributed by atoms with Crippen LogP contribution in [0.3, 0.4) is 0 Å². The van der Waals surface area contributed by atoms with E-state index in [2.05, 4.69) is 10.3 Å². The van der Waals surface area contributed by atoms with E-state index in [4.69, 9.17) is 4.74 Å². The number of benzene rings is 2. The Balaban J connectivity index is 1.49. The molecule has 0 spiro atoms. The molecule has 2 heterocycles. The molecule has 0 saturated carbocycles. The van der Waals surface area contributed by atoms with Gasteiger partial charge >= 0.3 is 5.97 Å². The molecule has 0 radical (unpaired) electrons. The Morgan fingerprint density at radius 1 is 0.946 bits per heavy atom. The molecule has 8 nitrogen and oxygen atoms in total. The average molecular weight is 522 g/mol. The van der Waals surface area contributed by atoms with Crippen molar-refractivity contribution in [2.75, 3.05) is 6.54 Å². The van der Waals surface area contributed by atoms with Gasteiger partial charge in [-0.05, 0) is 42.0 Å². The molecule has 4 rings (SSSR count). The van der Waals surface area contributed by atoms with Crippen LogP contribution in [-0.2, 0) is 43.1 Å². The van der Waals surface area contributed by atoms with E-state index in [1.165, 1.54) is 4.31 Å². The van der Waals surface area contributed by atoms with E-state index >= 15 is 0 Å². The van der Waals surface area contributed by atoms with Gasteiger partial charge in [-0.2, -0.15) is 4.31 Å². The number of hydrogen-bond acceptors (Lipinski definition) is 6. The van der Waals surface area contributed by atoms with Crippen LogP contribution in [-0.4, -0.2) is 48.3 Å². The van der Waals surface area contributed by atoms with E-state index in [0.29, 0.717) is 24.8 Å². The van der Waals surface area contributed by atoms with Crippen LogP contribution >= 0.6 is 0 Å². The zero-order valence-corrected chi connectivity index (χ0v) is 21.3. The van der Waals surface area contributed by atoms with Crippen molar-refractivity contribution in [3.63, 3.8) is 0 Å². The number of nitrogens with zero attached hydrogens (tertiary/aromatic N) is 2. The molecule has 0 bridgehead atoms. The molecular formula is C28H31N3O5S. The molecule has 194 valence electrons. The van der Waals surface area contributed by atoms with Crippen molar-refractivity contribution >= 4 is 21.9 Å². The molecule has 1 aromatic heterocycles. The number of rotatable bonds is 10. The lowest BCUT2D eigenvalue weighted by Gasteiger charge is -2.34. The third kappa shape index (κ3) is 7.47. The van der Waals surface area contributed by atoms with Crippen LogP contribution < -0.4 is 5.32 Å². The number of carbonyl (C=O) groups is 2. The summed E-state index contributed by atoms with van der Waals surface area (Å²) in [6, 6.07) is 20.8. The van der Waals surface area contributed by atoms with Crippen LogP contribution in [0.25, 0.3) is 0 Å². The molecule has 1 aliphatic rings. The first kappa shape index (κ1) is 26.5. The number of sulfonamides is 1. The number of aromatic nitrogens is 1. The van der Waals surface area contributed by atoms with E-state index in [1.54, 1.807) is 42.7 Å². The van der Waals surface area contributed by atoms with E-state index < -0.39 is 34.0 Å². The third-order valence-electron chi connectivity index (χ3n) is 6.28. The Morgan fingerprint density at radius 2 is 1.62 bits per heavy atom. The summed E-state index contributed by atoms with van der Waals surface area (Å²) in [7, 11) is -3.77. The molecule has 1 aliphatic heterocycles. The second-order valence-electron chi connectivity index (χ2n) is 9.06. The lowest BCUT2D eigenvalue weighted by atomic mass is 10.0. The first-order chi connectivity index (χ1) is 17.9. The maximum absolute atomic E-state index is 13.4. The normalized spacial score (nSPS) is 17.0. The van der Waals surface area contributed by atoms with Crippen molar-refractivity contribution in [3.05, 3.63) is 102 Å². The number of ether oxygens (including phenoxy) is 1. The fraction of sp³-hybridized carbons (Fsp3) is 0.321. The van der Waals surface area contributed by atoms with Gasteiger partial charge in [0.15, 0.2) is 6.10 Å². The number of carbonyl (C=O) groups excluding carboxylic acids is 2. The Bertz CT molecular complexity index is 1270. The van der Waals surface area contributed by atoms with E-state index in [9.17, 15) is 18.0 Å². The number of amides is 1. The summed E-state index contributed by atoms with van der Waals surface area (Å²) in [6.45, 7) is 0.474. The predicted octanol–water partition coefficient (Wildman–Crippen LogP) is 3.24. The maximum Gasteiger partial charge on any atom is 0.325 e. The summed E-state index contributed by atoms with van der Waals surface area (Å²) in [6.07, 6.45) is 4.08. The minimum Gasteiger partial charge on any atom is -0.451 e. The van der Waals surface area contributed by atoms with Crippen molar-refractivity contribution < 1.29 is 22.7 Å². The summed E-state index contributed by atoms with van der Waals surface area (Å²) >= 11 is 0. The molecule has 0 unspecified atom stereocenters. The standard InChI is InChI=1S/C28H31N3O5S/c32-27(30-20-24-14-9-16-29-19-24)26(18-22-10-3-1-4-11-22)36-28(33)25-15-7-8-17-31(25)37(34,35)21-23-12-5-2-6-13-23/h1-6,9-14,16,19,25-26H,7-8,15,17-18,20-21H2,(H,30,32)/t25-,26+/m0/s1. The van der Waals surface area contributed by atoms with Crippen LogP contribution in [0, 0.1) is 0 Å². The number of hydrogen-bond donors (Lipinski definition) is 1.